The summed E-state index contributed by atoms with van der Waals surface area (Å²) in [5, 5.41) is 11.4. The Morgan fingerprint density at radius 1 is 0.826 bits per heavy atom. The Morgan fingerprint density at radius 2 is 1.63 bits per heavy atom. The van der Waals surface area contributed by atoms with Crippen molar-refractivity contribution in [1.82, 2.24) is 14.8 Å². The van der Waals surface area contributed by atoms with E-state index in [9.17, 15) is 5.11 Å². The number of aromatic hydroxyl groups is 1. The lowest BCUT2D eigenvalue weighted by Crippen LogP contribution is -2.40. The molecule has 7 heteroatoms. The van der Waals surface area contributed by atoms with Crippen molar-refractivity contribution in [1.29, 1.82) is 0 Å². The number of thiophene rings is 1. The van der Waals surface area contributed by atoms with E-state index in [-0.39, 0.29) is 6.10 Å². The Bertz CT molecular complexity index is 1700. The minimum absolute atomic E-state index is 0.169. The maximum absolute atomic E-state index is 10.2. The number of piperidine rings is 2. The highest BCUT2D eigenvalue weighted by molar-refractivity contribution is 7.22. The topological polar surface area (TPSA) is 58.1 Å². The van der Waals surface area contributed by atoms with Crippen LogP contribution in [0.15, 0.2) is 91.1 Å². The Morgan fingerprint density at radius 3 is 2.43 bits per heavy atom. The van der Waals surface area contributed by atoms with Crippen molar-refractivity contribution in [2.24, 2.45) is 0 Å². The van der Waals surface area contributed by atoms with Gasteiger partial charge in [0.05, 0.1) is 5.69 Å². The van der Waals surface area contributed by atoms with Gasteiger partial charge in [-0.25, -0.2) is 0 Å². The van der Waals surface area contributed by atoms with Crippen molar-refractivity contribution >= 4 is 21.4 Å². The second kappa shape index (κ2) is 14.7. The molecule has 1 atom stereocenters. The number of aromatic nitrogens is 1. The summed E-state index contributed by atoms with van der Waals surface area (Å²) >= 11 is 1.74. The van der Waals surface area contributed by atoms with E-state index in [1.807, 2.05) is 18.3 Å². The van der Waals surface area contributed by atoms with E-state index in [1.54, 1.807) is 17.4 Å². The lowest BCUT2D eigenvalue weighted by Gasteiger charge is -2.32. The minimum atomic E-state index is 0.169. The van der Waals surface area contributed by atoms with Crippen LogP contribution in [0.1, 0.15) is 48.9 Å². The molecule has 0 bridgehead atoms. The molecule has 238 valence electrons. The number of phenolic OH excluding ortho intramolecular Hbond substituents is 1. The molecule has 2 aliphatic heterocycles. The number of hydrogen-bond acceptors (Lipinski definition) is 7. The standard InChI is InChI=1S/C39H43N3O3S/c43-32-13-18-36-37(25-29-9-14-33(15-10-29)44-24-23-41-20-4-1-5-21-41)39(46-38(36)26-32)30-11-16-34(17-12-30)45-35-8-6-22-42(28-35)27-31-7-2-3-19-40-31/h2-3,7,9-19,26,35,43H,1,4-6,8,20-25,27-28H2. The largest absolute Gasteiger partial charge is 0.508 e. The monoisotopic (exact) mass is 633 g/mol. The molecule has 0 aliphatic carbocycles. The van der Waals surface area contributed by atoms with Gasteiger partial charge in [0.25, 0.3) is 0 Å². The number of ether oxygens (including phenoxy) is 2. The van der Waals surface area contributed by atoms with Gasteiger partial charge < -0.3 is 14.6 Å². The Balaban J connectivity index is 1.02. The summed E-state index contributed by atoms with van der Waals surface area (Å²) in [6, 6.07) is 29.0. The van der Waals surface area contributed by atoms with Gasteiger partial charge in [-0.2, -0.15) is 0 Å². The molecule has 2 aliphatic rings. The highest BCUT2D eigenvalue weighted by Crippen LogP contribution is 2.41. The van der Waals surface area contributed by atoms with Gasteiger partial charge in [0.15, 0.2) is 0 Å². The van der Waals surface area contributed by atoms with E-state index in [0.717, 1.165) is 73.9 Å². The Labute approximate surface area is 276 Å². The molecule has 46 heavy (non-hydrogen) atoms. The molecule has 0 amide bonds. The molecule has 0 saturated carbocycles. The second-order valence-electron chi connectivity index (χ2n) is 12.6. The average molecular weight is 634 g/mol. The molecule has 0 radical (unpaired) electrons. The SMILES string of the molecule is Oc1ccc2c(Cc3ccc(OCCN4CCCCC4)cc3)c(-c3ccc(OC4CCCN(Cc5ccccn5)C4)cc3)sc2c1. The molecular formula is C39H43N3O3S. The van der Waals surface area contributed by atoms with Crippen LogP contribution in [0.5, 0.6) is 17.2 Å². The highest BCUT2D eigenvalue weighted by atomic mass is 32.1. The van der Waals surface area contributed by atoms with E-state index in [1.165, 1.54) is 59.3 Å². The number of pyridine rings is 1. The van der Waals surface area contributed by atoms with Gasteiger partial charge in [-0.3, -0.25) is 14.8 Å². The zero-order valence-electron chi connectivity index (χ0n) is 26.4. The van der Waals surface area contributed by atoms with Gasteiger partial charge >= 0.3 is 0 Å². The predicted octanol–water partition coefficient (Wildman–Crippen LogP) is 8.17. The van der Waals surface area contributed by atoms with Crippen LogP contribution < -0.4 is 9.47 Å². The van der Waals surface area contributed by atoms with Crippen LogP contribution in [-0.4, -0.2) is 65.3 Å². The zero-order chi connectivity index (χ0) is 31.1. The molecule has 6 nitrogen and oxygen atoms in total. The van der Waals surface area contributed by atoms with Crippen molar-refractivity contribution in [3.05, 3.63) is 108 Å². The molecule has 1 N–H and O–H groups in total. The zero-order valence-corrected chi connectivity index (χ0v) is 27.3. The number of nitrogens with zero attached hydrogens (tertiary/aromatic N) is 3. The van der Waals surface area contributed by atoms with Crippen LogP contribution in [-0.2, 0) is 13.0 Å². The average Bonchev–Trinajstić information content (AvgIpc) is 3.44. The molecule has 0 spiro atoms. The maximum atomic E-state index is 10.2. The van der Waals surface area contributed by atoms with Gasteiger partial charge in [-0.05, 0) is 141 Å². The summed E-state index contributed by atoms with van der Waals surface area (Å²) in [4.78, 5) is 10.7. The molecule has 1 unspecified atom stereocenters. The van der Waals surface area contributed by atoms with Crippen LogP contribution in [0, 0.1) is 0 Å². The first-order chi connectivity index (χ1) is 22.7. The van der Waals surface area contributed by atoms with E-state index in [2.05, 4.69) is 81.5 Å². The van der Waals surface area contributed by atoms with Crippen LogP contribution in [0.2, 0.25) is 0 Å². The fraction of sp³-hybridized carbons (Fsp3) is 0.359. The van der Waals surface area contributed by atoms with Crippen molar-refractivity contribution < 1.29 is 14.6 Å². The van der Waals surface area contributed by atoms with E-state index in [4.69, 9.17) is 9.47 Å². The molecule has 4 heterocycles. The van der Waals surface area contributed by atoms with E-state index in [0.29, 0.717) is 5.75 Å². The van der Waals surface area contributed by atoms with Crippen molar-refractivity contribution in [2.75, 3.05) is 39.3 Å². The second-order valence-corrected chi connectivity index (χ2v) is 13.7. The van der Waals surface area contributed by atoms with Crippen molar-refractivity contribution in [3.8, 4) is 27.7 Å². The maximum Gasteiger partial charge on any atom is 0.119 e. The number of likely N-dealkylation sites (tertiary alicyclic amines) is 2. The quantitative estimate of drug-likeness (QED) is 0.158. The van der Waals surface area contributed by atoms with Crippen LogP contribution in [0.25, 0.3) is 20.5 Å². The summed E-state index contributed by atoms with van der Waals surface area (Å²) < 4.78 is 13.7. The molecule has 2 aromatic heterocycles. The minimum Gasteiger partial charge on any atom is -0.508 e. The van der Waals surface area contributed by atoms with Gasteiger partial charge in [-0.15, -0.1) is 11.3 Å². The highest BCUT2D eigenvalue weighted by Gasteiger charge is 2.22. The number of benzene rings is 3. The summed E-state index contributed by atoms with van der Waals surface area (Å²) in [6.45, 7) is 6.95. The van der Waals surface area contributed by atoms with Crippen LogP contribution in [0.3, 0.4) is 0 Å². The van der Waals surface area contributed by atoms with Crippen LogP contribution >= 0.6 is 11.3 Å². The van der Waals surface area contributed by atoms with Crippen molar-refractivity contribution in [3.63, 3.8) is 0 Å². The molecular weight excluding hydrogens is 591 g/mol. The Hall–Kier alpha value is -3.91. The summed E-state index contributed by atoms with van der Waals surface area (Å²) in [6.07, 6.45) is 8.99. The summed E-state index contributed by atoms with van der Waals surface area (Å²) in [5.74, 6) is 2.13. The fourth-order valence-corrected chi connectivity index (χ4v) is 8.04. The van der Waals surface area contributed by atoms with E-state index >= 15 is 0 Å². The van der Waals surface area contributed by atoms with Crippen molar-refractivity contribution in [2.45, 2.75) is 51.2 Å². The molecule has 2 saturated heterocycles. The normalized spacial score (nSPS) is 17.7. The lowest BCUT2D eigenvalue weighted by atomic mass is 9.99. The van der Waals surface area contributed by atoms with Gasteiger partial charge in [0.2, 0.25) is 0 Å². The Kier molecular flexibility index (Phi) is 9.80. The van der Waals surface area contributed by atoms with Gasteiger partial charge in [-0.1, -0.05) is 24.6 Å². The number of phenols is 1. The first-order valence-electron chi connectivity index (χ1n) is 16.7. The number of hydrogen-bond donors (Lipinski definition) is 1. The summed E-state index contributed by atoms with van der Waals surface area (Å²) in [7, 11) is 0. The van der Waals surface area contributed by atoms with Gasteiger partial charge in [0, 0.05) is 35.4 Å². The predicted molar refractivity (Wildman–Crippen MR) is 187 cm³/mol. The van der Waals surface area contributed by atoms with E-state index < -0.39 is 0 Å². The number of fused-ring (bicyclic) bond motifs is 1. The number of rotatable bonds is 11. The first-order valence-corrected chi connectivity index (χ1v) is 17.6. The fourth-order valence-electron chi connectivity index (χ4n) is 6.78. The van der Waals surface area contributed by atoms with Gasteiger partial charge in [0.1, 0.15) is 30.0 Å². The summed E-state index contributed by atoms with van der Waals surface area (Å²) in [5.41, 5.74) is 4.79. The molecule has 2 fully saturated rings. The van der Waals surface area contributed by atoms with Crippen LogP contribution in [0.4, 0.5) is 0 Å². The third-order valence-electron chi connectivity index (χ3n) is 9.20. The first kappa shape index (κ1) is 30.7. The lowest BCUT2D eigenvalue weighted by molar-refractivity contribution is 0.0836. The smallest absolute Gasteiger partial charge is 0.119 e. The molecule has 3 aromatic carbocycles. The third kappa shape index (κ3) is 7.72. The molecule has 5 aromatic rings. The molecule has 7 rings (SSSR count). The third-order valence-corrected chi connectivity index (χ3v) is 10.4.